The Kier molecular flexibility index (Phi) is 5.54. The Balaban J connectivity index is 2.45. The van der Waals surface area contributed by atoms with Crippen molar-refractivity contribution in [2.45, 2.75) is 46.6 Å². The van der Waals surface area contributed by atoms with Crippen LogP contribution >= 0.6 is 11.3 Å². The van der Waals surface area contributed by atoms with Crippen LogP contribution in [-0.4, -0.2) is 6.54 Å². The van der Waals surface area contributed by atoms with Crippen molar-refractivity contribution < 1.29 is 4.39 Å². The van der Waals surface area contributed by atoms with Crippen LogP contribution in [0.4, 0.5) is 4.39 Å². The molecule has 0 saturated heterocycles. The second-order valence-corrected chi connectivity index (χ2v) is 6.47. The molecule has 1 heterocycles. The van der Waals surface area contributed by atoms with Crippen LogP contribution in [0, 0.1) is 19.7 Å². The third-order valence-corrected chi connectivity index (χ3v) is 4.84. The van der Waals surface area contributed by atoms with Crippen LogP contribution in [0.1, 0.15) is 53.4 Å². The van der Waals surface area contributed by atoms with E-state index >= 15 is 0 Å². The third-order valence-electron chi connectivity index (χ3n) is 3.81. The highest BCUT2D eigenvalue weighted by Gasteiger charge is 2.19. The summed E-state index contributed by atoms with van der Waals surface area (Å²) in [5, 5.41) is 5.78. The van der Waals surface area contributed by atoms with E-state index in [0.29, 0.717) is 0 Å². The van der Waals surface area contributed by atoms with Crippen LogP contribution in [0.3, 0.4) is 0 Å². The first-order chi connectivity index (χ1) is 10.1. The van der Waals surface area contributed by atoms with Gasteiger partial charge >= 0.3 is 0 Å². The zero-order chi connectivity index (χ0) is 15.4. The van der Waals surface area contributed by atoms with Gasteiger partial charge in [0.25, 0.3) is 0 Å². The first-order valence-corrected chi connectivity index (χ1v) is 8.52. The van der Waals surface area contributed by atoms with Gasteiger partial charge in [-0.3, -0.25) is 0 Å². The molecule has 0 saturated carbocycles. The molecule has 1 aromatic carbocycles. The Morgan fingerprint density at radius 1 is 1.19 bits per heavy atom. The van der Waals surface area contributed by atoms with Crippen molar-refractivity contribution in [1.82, 2.24) is 5.32 Å². The first-order valence-electron chi connectivity index (χ1n) is 7.64. The lowest BCUT2D eigenvalue weighted by molar-refractivity contribution is 0.588. The Labute approximate surface area is 131 Å². The number of aryl methyl sites for hydroxylation is 3. The van der Waals surface area contributed by atoms with Crippen molar-refractivity contribution in [3.8, 4) is 0 Å². The normalized spacial score (nSPS) is 12.6. The van der Waals surface area contributed by atoms with Crippen LogP contribution in [0.25, 0.3) is 0 Å². The second-order valence-electron chi connectivity index (χ2n) is 5.52. The van der Waals surface area contributed by atoms with E-state index in [1.54, 1.807) is 11.3 Å². The number of nitrogens with one attached hydrogen (secondary N) is 1. The van der Waals surface area contributed by atoms with Gasteiger partial charge in [-0.25, -0.2) is 4.39 Å². The van der Waals surface area contributed by atoms with Gasteiger partial charge in [-0.1, -0.05) is 26.0 Å². The van der Waals surface area contributed by atoms with Crippen LogP contribution in [0.2, 0.25) is 0 Å². The standard InChI is InChI=1S/C18H24FNS/c1-5-8-20-17(18-14(6-2)7-9-21-18)15-10-12(3)16(19)13(4)11-15/h7,9-11,17,20H,5-6,8H2,1-4H3. The first kappa shape index (κ1) is 16.2. The zero-order valence-corrected chi connectivity index (χ0v) is 14.1. The van der Waals surface area contributed by atoms with Gasteiger partial charge < -0.3 is 5.32 Å². The van der Waals surface area contributed by atoms with E-state index in [9.17, 15) is 4.39 Å². The Bertz CT molecular complexity index is 580. The van der Waals surface area contributed by atoms with E-state index in [1.807, 2.05) is 26.0 Å². The molecule has 0 fully saturated rings. The summed E-state index contributed by atoms with van der Waals surface area (Å²) in [5.41, 5.74) is 4.00. The maximum Gasteiger partial charge on any atom is 0.129 e. The van der Waals surface area contributed by atoms with Crippen LogP contribution in [0.5, 0.6) is 0 Å². The minimum Gasteiger partial charge on any atom is -0.306 e. The molecule has 0 bridgehead atoms. The minimum atomic E-state index is -0.0881. The van der Waals surface area contributed by atoms with E-state index in [-0.39, 0.29) is 11.9 Å². The average Bonchev–Trinajstić information content (AvgIpc) is 2.93. The molecule has 3 heteroatoms. The molecule has 0 spiro atoms. The molecule has 1 unspecified atom stereocenters. The summed E-state index contributed by atoms with van der Waals surface area (Å²) in [6.45, 7) is 9.00. The van der Waals surface area contributed by atoms with Gasteiger partial charge in [-0.05, 0) is 66.9 Å². The molecule has 1 aromatic heterocycles. The maximum atomic E-state index is 13.9. The van der Waals surface area contributed by atoms with Gasteiger partial charge in [0.2, 0.25) is 0 Å². The summed E-state index contributed by atoms with van der Waals surface area (Å²) in [6, 6.07) is 6.32. The highest BCUT2D eigenvalue weighted by molar-refractivity contribution is 7.10. The summed E-state index contributed by atoms with van der Waals surface area (Å²) in [5.74, 6) is -0.0881. The number of thiophene rings is 1. The maximum absolute atomic E-state index is 13.9. The minimum absolute atomic E-state index is 0.0881. The van der Waals surface area contributed by atoms with E-state index in [2.05, 4.69) is 30.6 Å². The highest BCUT2D eigenvalue weighted by Crippen LogP contribution is 2.32. The molecule has 2 rings (SSSR count). The Morgan fingerprint density at radius 2 is 1.86 bits per heavy atom. The summed E-state index contributed by atoms with van der Waals surface area (Å²) in [4.78, 5) is 1.36. The monoisotopic (exact) mass is 305 g/mol. The molecule has 21 heavy (non-hydrogen) atoms. The van der Waals surface area contributed by atoms with Gasteiger partial charge in [0, 0.05) is 4.88 Å². The van der Waals surface area contributed by atoms with E-state index < -0.39 is 0 Å². The molecule has 0 radical (unpaired) electrons. The molecule has 0 amide bonds. The number of rotatable bonds is 6. The predicted molar refractivity (Wildman–Crippen MR) is 89.7 cm³/mol. The van der Waals surface area contributed by atoms with Crippen LogP contribution in [-0.2, 0) is 6.42 Å². The summed E-state index contributed by atoms with van der Waals surface area (Å²) >= 11 is 1.79. The average molecular weight is 305 g/mol. The van der Waals surface area contributed by atoms with Crippen molar-refractivity contribution in [3.05, 3.63) is 56.5 Å². The molecule has 0 aliphatic heterocycles. The van der Waals surface area contributed by atoms with Crippen molar-refractivity contribution in [2.75, 3.05) is 6.54 Å². The van der Waals surface area contributed by atoms with E-state index in [0.717, 1.165) is 36.1 Å². The smallest absolute Gasteiger partial charge is 0.129 e. The molecular weight excluding hydrogens is 281 g/mol. The van der Waals surface area contributed by atoms with Gasteiger partial charge in [0.1, 0.15) is 5.82 Å². The van der Waals surface area contributed by atoms with E-state index in [1.165, 1.54) is 10.4 Å². The Morgan fingerprint density at radius 3 is 2.43 bits per heavy atom. The fourth-order valence-electron chi connectivity index (χ4n) is 2.69. The quantitative estimate of drug-likeness (QED) is 0.777. The molecular formula is C18H24FNS. The highest BCUT2D eigenvalue weighted by atomic mass is 32.1. The molecule has 1 nitrogen and oxygen atoms in total. The lowest BCUT2D eigenvalue weighted by Gasteiger charge is -2.21. The summed E-state index contributed by atoms with van der Waals surface area (Å²) in [6.07, 6.45) is 2.12. The molecule has 1 N–H and O–H groups in total. The SMILES string of the molecule is CCCNC(c1cc(C)c(F)c(C)c1)c1sccc1CC. The van der Waals surface area contributed by atoms with Crippen molar-refractivity contribution in [1.29, 1.82) is 0 Å². The van der Waals surface area contributed by atoms with Gasteiger partial charge in [-0.15, -0.1) is 11.3 Å². The van der Waals surface area contributed by atoms with Crippen LogP contribution in [0.15, 0.2) is 23.6 Å². The van der Waals surface area contributed by atoms with Gasteiger partial charge in [0.15, 0.2) is 0 Å². The molecule has 114 valence electrons. The number of halogens is 1. The zero-order valence-electron chi connectivity index (χ0n) is 13.3. The molecule has 1 atom stereocenters. The molecule has 2 aromatic rings. The summed E-state index contributed by atoms with van der Waals surface area (Å²) in [7, 11) is 0. The van der Waals surface area contributed by atoms with Crippen molar-refractivity contribution in [2.24, 2.45) is 0 Å². The summed E-state index contributed by atoms with van der Waals surface area (Å²) < 4.78 is 13.9. The second kappa shape index (κ2) is 7.19. The lowest BCUT2D eigenvalue weighted by Crippen LogP contribution is -2.23. The Hall–Kier alpha value is -1.19. The van der Waals surface area contributed by atoms with Crippen molar-refractivity contribution >= 4 is 11.3 Å². The van der Waals surface area contributed by atoms with E-state index in [4.69, 9.17) is 0 Å². The fraction of sp³-hybridized carbons (Fsp3) is 0.444. The number of benzene rings is 1. The largest absolute Gasteiger partial charge is 0.306 e. The van der Waals surface area contributed by atoms with Gasteiger partial charge in [0.05, 0.1) is 6.04 Å². The topological polar surface area (TPSA) is 12.0 Å². The van der Waals surface area contributed by atoms with Crippen LogP contribution < -0.4 is 5.32 Å². The number of hydrogen-bond donors (Lipinski definition) is 1. The lowest BCUT2D eigenvalue weighted by atomic mass is 9.97. The van der Waals surface area contributed by atoms with Crippen molar-refractivity contribution in [3.63, 3.8) is 0 Å². The molecule has 0 aliphatic carbocycles. The fourth-order valence-corrected chi connectivity index (χ4v) is 3.79. The number of hydrogen-bond acceptors (Lipinski definition) is 2. The molecule has 0 aliphatic rings. The third kappa shape index (κ3) is 3.53. The predicted octanol–water partition coefficient (Wildman–Crippen LogP) is 5.16. The van der Waals surface area contributed by atoms with Gasteiger partial charge in [-0.2, -0.15) is 0 Å².